The number of amides is 1. The maximum atomic E-state index is 12.9. The van der Waals surface area contributed by atoms with Gasteiger partial charge in [0.05, 0.1) is 11.6 Å². The fourth-order valence-corrected chi connectivity index (χ4v) is 4.24. The zero-order valence-corrected chi connectivity index (χ0v) is 18.2. The molecule has 1 N–H and O–H groups in total. The van der Waals surface area contributed by atoms with Crippen molar-refractivity contribution in [2.75, 3.05) is 37.0 Å². The highest BCUT2D eigenvalue weighted by molar-refractivity contribution is 5.91. The van der Waals surface area contributed by atoms with Gasteiger partial charge in [-0.05, 0) is 43.5 Å². The van der Waals surface area contributed by atoms with Crippen LogP contribution in [0.3, 0.4) is 0 Å². The minimum Gasteiger partial charge on any atom is -0.378 e. The molecule has 1 aromatic carbocycles. The van der Waals surface area contributed by atoms with Crippen LogP contribution in [-0.2, 0) is 18.4 Å². The Kier molecular flexibility index (Phi) is 5.61. The molecular weight excluding hydrogens is 376 g/mol. The molecule has 158 valence electrons. The van der Waals surface area contributed by atoms with Gasteiger partial charge in [0.25, 0.3) is 0 Å². The van der Waals surface area contributed by atoms with Crippen LogP contribution in [0.1, 0.15) is 24.1 Å². The third-order valence-electron chi connectivity index (χ3n) is 5.93. The molecule has 0 aliphatic carbocycles. The molecule has 2 aromatic heterocycles. The van der Waals surface area contributed by atoms with Crippen LogP contribution in [0.25, 0.3) is 10.9 Å². The quantitative estimate of drug-likeness (QED) is 0.706. The minimum atomic E-state index is -0.0359. The first-order chi connectivity index (χ1) is 14.4. The number of pyridine rings is 1. The first-order valence-corrected chi connectivity index (χ1v) is 10.5. The van der Waals surface area contributed by atoms with E-state index in [2.05, 4.69) is 49.5 Å². The van der Waals surface area contributed by atoms with Crippen molar-refractivity contribution in [3.05, 3.63) is 47.8 Å². The molecule has 30 heavy (non-hydrogen) atoms. The topological polar surface area (TPSA) is 66.3 Å². The Morgan fingerprint density at radius 1 is 1.23 bits per heavy atom. The maximum Gasteiger partial charge on any atom is 0.225 e. The van der Waals surface area contributed by atoms with E-state index in [1.807, 2.05) is 45.0 Å². The van der Waals surface area contributed by atoms with Crippen LogP contribution in [-0.4, -0.2) is 47.9 Å². The summed E-state index contributed by atoms with van der Waals surface area (Å²) in [5.41, 5.74) is 4.30. The molecule has 3 heterocycles. The van der Waals surface area contributed by atoms with Crippen LogP contribution in [0.2, 0.25) is 0 Å². The molecule has 0 bridgehead atoms. The Labute approximate surface area is 177 Å². The number of benzene rings is 1. The smallest absolute Gasteiger partial charge is 0.225 e. The normalized spacial score (nSPS) is 16.7. The summed E-state index contributed by atoms with van der Waals surface area (Å²) in [5.74, 6) is 1.00. The zero-order chi connectivity index (χ0) is 21.3. The van der Waals surface area contributed by atoms with Gasteiger partial charge in [-0.2, -0.15) is 5.10 Å². The highest BCUT2D eigenvalue weighted by atomic mass is 16.1. The van der Waals surface area contributed by atoms with Crippen LogP contribution in [0, 0.1) is 12.8 Å². The summed E-state index contributed by atoms with van der Waals surface area (Å²) in [4.78, 5) is 21.8. The summed E-state index contributed by atoms with van der Waals surface area (Å²) in [6, 6.07) is 10.3. The molecule has 1 amide bonds. The van der Waals surface area contributed by atoms with Crippen molar-refractivity contribution in [3.63, 3.8) is 0 Å². The Morgan fingerprint density at radius 2 is 2.00 bits per heavy atom. The third-order valence-corrected chi connectivity index (χ3v) is 5.93. The number of nitrogens with one attached hydrogen (secondary N) is 1. The summed E-state index contributed by atoms with van der Waals surface area (Å²) in [6.07, 6.45) is 3.72. The predicted molar refractivity (Wildman–Crippen MR) is 121 cm³/mol. The predicted octanol–water partition coefficient (Wildman–Crippen LogP) is 2.88. The number of aromatic nitrogens is 3. The highest BCUT2D eigenvalue weighted by Crippen LogP contribution is 2.29. The van der Waals surface area contributed by atoms with E-state index in [4.69, 9.17) is 0 Å². The van der Waals surface area contributed by atoms with Crippen LogP contribution < -0.4 is 15.1 Å². The van der Waals surface area contributed by atoms with Gasteiger partial charge in [-0.25, -0.2) is 4.98 Å². The van der Waals surface area contributed by atoms with Crippen molar-refractivity contribution < 1.29 is 4.79 Å². The lowest BCUT2D eigenvalue weighted by molar-refractivity contribution is -0.125. The number of rotatable bonds is 5. The molecule has 1 aliphatic rings. The Bertz CT molecular complexity index is 1040. The van der Waals surface area contributed by atoms with Crippen LogP contribution in [0.4, 0.5) is 11.5 Å². The van der Waals surface area contributed by atoms with Gasteiger partial charge in [-0.1, -0.05) is 12.1 Å². The summed E-state index contributed by atoms with van der Waals surface area (Å²) >= 11 is 0. The van der Waals surface area contributed by atoms with Crippen molar-refractivity contribution in [1.29, 1.82) is 0 Å². The lowest BCUT2D eigenvalue weighted by Gasteiger charge is -2.33. The summed E-state index contributed by atoms with van der Waals surface area (Å²) in [7, 11) is 6.00. The highest BCUT2D eigenvalue weighted by Gasteiger charge is 2.28. The fourth-order valence-electron chi connectivity index (χ4n) is 4.24. The average Bonchev–Trinajstić information content (AvgIpc) is 3.06. The number of fused-ring (bicyclic) bond motifs is 1. The van der Waals surface area contributed by atoms with Crippen molar-refractivity contribution in [3.8, 4) is 0 Å². The molecule has 0 radical (unpaired) electrons. The molecule has 1 atom stereocenters. The second kappa shape index (κ2) is 8.34. The fraction of sp³-hybridized carbons (Fsp3) is 0.435. The molecule has 7 nitrogen and oxygen atoms in total. The van der Waals surface area contributed by atoms with E-state index in [1.165, 1.54) is 0 Å². The summed E-state index contributed by atoms with van der Waals surface area (Å²) in [6.45, 7) is 4.16. The van der Waals surface area contributed by atoms with E-state index in [9.17, 15) is 4.79 Å². The van der Waals surface area contributed by atoms with Crippen LogP contribution in [0.15, 0.2) is 36.5 Å². The van der Waals surface area contributed by atoms with Crippen LogP contribution >= 0.6 is 0 Å². The second-order valence-corrected chi connectivity index (χ2v) is 8.30. The number of carbonyl (C=O) groups is 1. The Balaban J connectivity index is 1.43. The number of carbonyl (C=O) groups excluding carboxylic acids is 1. The van der Waals surface area contributed by atoms with Crippen molar-refractivity contribution in [1.82, 2.24) is 20.1 Å². The lowest BCUT2D eigenvalue weighted by Crippen LogP contribution is -2.43. The van der Waals surface area contributed by atoms with E-state index in [1.54, 1.807) is 0 Å². The van der Waals surface area contributed by atoms with Gasteiger partial charge in [-0.15, -0.1) is 0 Å². The number of anilines is 2. The molecule has 0 spiro atoms. The van der Waals surface area contributed by atoms with Crippen molar-refractivity contribution >= 4 is 28.3 Å². The zero-order valence-electron chi connectivity index (χ0n) is 18.2. The third kappa shape index (κ3) is 3.97. The van der Waals surface area contributed by atoms with Gasteiger partial charge in [0.15, 0.2) is 5.82 Å². The van der Waals surface area contributed by atoms with Gasteiger partial charge in [0.2, 0.25) is 5.91 Å². The van der Waals surface area contributed by atoms with E-state index >= 15 is 0 Å². The molecule has 4 rings (SSSR count). The van der Waals surface area contributed by atoms with Gasteiger partial charge < -0.3 is 15.1 Å². The van der Waals surface area contributed by atoms with Gasteiger partial charge in [0, 0.05) is 58.0 Å². The second-order valence-electron chi connectivity index (χ2n) is 8.30. The first-order valence-electron chi connectivity index (χ1n) is 10.5. The first kappa shape index (κ1) is 20.2. The van der Waals surface area contributed by atoms with Gasteiger partial charge in [0.1, 0.15) is 5.52 Å². The average molecular weight is 407 g/mol. The van der Waals surface area contributed by atoms with E-state index in [0.29, 0.717) is 13.1 Å². The number of hydrogen-bond donors (Lipinski definition) is 1. The molecule has 1 saturated heterocycles. The van der Waals surface area contributed by atoms with E-state index in [-0.39, 0.29) is 11.8 Å². The number of aryl methyl sites for hydroxylation is 2. The SMILES string of the molecule is Cc1nn(C)c2c(N3CCC[C@@H](C(=O)NCc4ccc(N(C)C)cc4)C3)nccc12. The van der Waals surface area contributed by atoms with Crippen molar-refractivity contribution in [2.24, 2.45) is 13.0 Å². The standard InChI is InChI=1S/C23H30N6O/c1-16-20-11-12-24-22(21(20)28(4)26-16)29-13-5-6-18(15-29)23(30)25-14-17-7-9-19(10-8-17)27(2)3/h7-12,18H,5-6,13-15H2,1-4H3,(H,25,30)/t18-/m1/s1. The molecule has 7 heteroatoms. The molecule has 1 aliphatic heterocycles. The number of piperidine rings is 1. The van der Waals surface area contributed by atoms with Gasteiger partial charge in [-0.3, -0.25) is 9.48 Å². The Morgan fingerprint density at radius 3 is 2.73 bits per heavy atom. The summed E-state index contributed by atoms with van der Waals surface area (Å²) < 4.78 is 1.90. The minimum absolute atomic E-state index is 0.0359. The largest absolute Gasteiger partial charge is 0.378 e. The van der Waals surface area contributed by atoms with E-state index in [0.717, 1.165) is 53.1 Å². The molecule has 1 fully saturated rings. The molecule has 0 saturated carbocycles. The molecular formula is C23H30N6O. The van der Waals surface area contributed by atoms with Crippen molar-refractivity contribution in [2.45, 2.75) is 26.3 Å². The maximum absolute atomic E-state index is 12.9. The molecule has 3 aromatic rings. The number of nitrogens with zero attached hydrogens (tertiary/aromatic N) is 5. The molecule has 0 unspecified atom stereocenters. The summed E-state index contributed by atoms with van der Waals surface area (Å²) in [5, 5.41) is 8.79. The van der Waals surface area contributed by atoms with E-state index < -0.39 is 0 Å². The Hall–Kier alpha value is -3.09. The monoisotopic (exact) mass is 406 g/mol. The van der Waals surface area contributed by atoms with Crippen LogP contribution in [0.5, 0.6) is 0 Å². The lowest BCUT2D eigenvalue weighted by atomic mass is 9.97. The number of hydrogen-bond acceptors (Lipinski definition) is 5. The van der Waals surface area contributed by atoms with Gasteiger partial charge >= 0.3 is 0 Å².